The molecule has 0 aliphatic carbocycles. The SMILES string of the molecule is CN(C)C[C@@]1(O)CCCN(C(=O)c2cn3cc(Cl)cnc3n2)CC1. The molecule has 0 radical (unpaired) electrons. The van der Waals surface area contributed by atoms with Gasteiger partial charge in [-0.3, -0.25) is 9.20 Å². The highest BCUT2D eigenvalue weighted by Gasteiger charge is 2.32. The van der Waals surface area contributed by atoms with Crippen LogP contribution in [0.5, 0.6) is 0 Å². The van der Waals surface area contributed by atoms with Crippen LogP contribution in [0.1, 0.15) is 29.8 Å². The Morgan fingerprint density at radius 1 is 1.38 bits per heavy atom. The van der Waals surface area contributed by atoms with E-state index in [0.717, 1.165) is 6.42 Å². The van der Waals surface area contributed by atoms with Gasteiger partial charge in [0.05, 0.1) is 16.8 Å². The molecule has 1 N–H and O–H groups in total. The summed E-state index contributed by atoms with van der Waals surface area (Å²) in [4.78, 5) is 24.9. The van der Waals surface area contributed by atoms with E-state index in [1.807, 2.05) is 19.0 Å². The second-order valence-electron chi connectivity index (χ2n) is 6.71. The summed E-state index contributed by atoms with van der Waals surface area (Å²) >= 11 is 5.91. The van der Waals surface area contributed by atoms with Crippen molar-refractivity contribution in [1.29, 1.82) is 0 Å². The molecule has 1 fully saturated rings. The molecule has 1 amide bonds. The summed E-state index contributed by atoms with van der Waals surface area (Å²) in [6.07, 6.45) is 6.85. The van der Waals surface area contributed by atoms with Crippen molar-refractivity contribution >= 4 is 23.3 Å². The summed E-state index contributed by atoms with van der Waals surface area (Å²) in [5, 5.41) is 11.2. The normalized spacial score (nSPS) is 22.1. The lowest BCUT2D eigenvalue weighted by Crippen LogP contribution is -2.41. The van der Waals surface area contributed by atoms with Crippen molar-refractivity contribution in [2.75, 3.05) is 33.7 Å². The van der Waals surface area contributed by atoms with Crippen LogP contribution in [0.2, 0.25) is 5.02 Å². The molecule has 2 aromatic rings. The lowest BCUT2D eigenvalue weighted by atomic mass is 9.94. The Bertz CT molecular complexity index is 747. The van der Waals surface area contributed by atoms with E-state index in [0.29, 0.717) is 49.0 Å². The lowest BCUT2D eigenvalue weighted by molar-refractivity contribution is 0.00303. The van der Waals surface area contributed by atoms with Gasteiger partial charge in [-0.05, 0) is 33.4 Å². The highest BCUT2D eigenvalue weighted by Crippen LogP contribution is 2.24. The first-order chi connectivity index (χ1) is 11.4. The summed E-state index contributed by atoms with van der Waals surface area (Å²) in [6, 6.07) is 0. The number of imidazole rings is 1. The zero-order valence-corrected chi connectivity index (χ0v) is 14.7. The summed E-state index contributed by atoms with van der Waals surface area (Å²) in [5.74, 6) is 0.312. The number of hydrogen-bond acceptors (Lipinski definition) is 5. The average molecular weight is 352 g/mol. The predicted octanol–water partition coefficient (Wildman–Crippen LogP) is 1.30. The summed E-state index contributed by atoms with van der Waals surface area (Å²) < 4.78 is 1.65. The fourth-order valence-corrected chi connectivity index (χ4v) is 3.41. The minimum Gasteiger partial charge on any atom is -0.388 e. The summed E-state index contributed by atoms with van der Waals surface area (Å²) in [6.45, 7) is 1.74. The maximum absolute atomic E-state index is 12.7. The number of carbonyl (C=O) groups excluding carboxylic acids is 1. The quantitative estimate of drug-likeness (QED) is 0.902. The molecule has 7 nitrogen and oxygen atoms in total. The Kier molecular flexibility index (Phi) is 4.76. The zero-order valence-electron chi connectivity index (χ0n) is 13.9. The largest absolute Gasteiger partial charge is 0.388 e. The first kappa shape index (κ1) is 17.1. The van der Waals surface area contributed by atoms with Crippen LogP contribution in [0.25, 0.3) is 5.78 Å². The van der Waals surface area contributed by atoms with E-state index in [1.54, 1.807) is 21.7 Å². The van der Waals surface area contributed by atoms with E-state index in [2.05, 4.69) is 9.97 Å². The molecule has 130 valence electrons. The number of amides is 1. The Labute approximate surface area is 145 Å². The third kappa shape index (κ3) is 3.68. The van der Waals surface area contributed by atoms with Crippen molar-refractivity contribution < 1.29 is 9.90 Å². The number of rotatable bonds is 3. The maximum Gasteiger partial charge on any atom is 0.274 e. The highest BCUT2D eigenvalue weighted by atomic mass is 35.5. The number of aromatic nitrogens is 3. The third-order valence-corrected chi connectivity index (χ3v) is 4.51. The maximum atomic E-state index is 12.7. The van der Waals surface area contributed by atoms with Gasteiger partial charge in [0.2, 0.25) is 5.78 Å². The van der Waals surface area contributed by atoms with Crippen LogP contribution in [0.15, 0.2) is 18.6 Å². The third-order valence-electron chi connectivity index (χ3n) is 4.31. The van der Waals surface area contributed by atoms with Crippen molar-refractivity contribution in [3.05, 3.63) is 29.3 Å². The second-order valence-corrected chi connectivity index (χ2v) is 7.15. The standard InChI is InChI=1S/C16H22ClN5O2/c1-20(2)11-16(24)4-3-6-21(7-5-16)14(23)13-10-22-9-12(17)8-18-15(22)19-13/h8-10,24H,3-7,11H2,1-2H3/t16-/m1/s1. The summed E-state index contributed by atoms with van der Waals surface area (Å²) in [7, 11) is 3.89. The van der Waals surface area contributed by atoms with E-state index in [1.165, 1.54) is 6.20 Å². The van der Waals surface area contributed by atoms with Crippen LogP contribution < -0.4 is 0 Å². The Morgan fingerprint density at radius 2 is 2.17 bits per heavy atom. The second kappa shape index (κ2) is 6.66. The number of likely N-dealkylation sites (N-methyl/N-ethyl adjacent to an activating group) is 1. The Hall–Kier alpha value is -1.70. The molecule has 24 heavy (non-hydrogen) atoms. The number of halogens is 1. The van der Waals surface area contributed by atoms with Gasteiger partial charge in [0.25, 0.3) is 5.91 Å². The topological polar surface area (TPSA) is 74.0 Å². The van der Waals surface area contributed by atoms with E-state index < -0.39 is 5.60 Å². The smallest absolute Gasteiger partial charge is 0.274 e. The van der Waals surface area contributed by atoms with Crippen LogP contribution in [0.4, 0.5) is 0 Å². The monoisotopic (exact) mass is 351 g/mol. The number of nitrogens with zero attached hydrogens (tertiary/aromatic N) is 5. The molecule has 1 aliphatic rings. The fourth-order valence-electron chi connectivity index (χ4n) is 3.25. The van der Waals surface area contributed by atoms with Crippen molar-refractivity contribution in [3.63, 3.8) is 0 Å². The van der Waals surface area contributed by atoms with Crippen LogP contribution in [0, 0.1) is 0 Å². The number of carbonyl (C=O) groups is 1. The molecule has 1 saturated heterocycles. The van der Waals surface area contributed by atoms with Crippen LogP contribution in [0.3, 0.4) is 0 Å². The van der Waals surface area contributed by atoms with Gasteiger partial charge in [-0.2, -0.15) is 0 Å². The van der Waals surface area contributed by atoms with Gasteiger partial charge >= 0.3 is 0 Å². The zero-order chi connectivity index (χ0) is 17.3. The molecule has 1 atom stereocenters. The molecule has 0 spiro atoms. The van der Waals surface area contributed by atoms with Crippen LogP contribution >= 0.6 is 11.6 Å². The molecule has 0 bridgehead atoms. The lowest BCUT2D eigenvalue weighted by Gasteiger charge is -2.29. The minimum atomic E-state index is -0.744. The average Bonchev–Trinajstić information content (AvgIpc) is 2.82. The molecular weight excluding hydrogens is 330 g/mol. The van der Waals surface area contributed by atoms with E-state index in [-0.39, 0.29) is 5.91 Å². The number of aliphatic hydroxyl groups is 1. The fraction of sp³-hybridized carbons (Fsp3) is 0.562. The predicted molar refractivity (Wildman–Crippen MR) is 91.3 cm³/mol. The van der Waals surface area contributed by atoms with E-state index >= 15 is 0 Å². The van der Waals surface area contributed by atoms with Gasteiger partial charge in [0.1, 0.15) is 5.69 Å². The minimum absolute atomic E-state index is 0.134. The van der Waals surface area contributed by atoms with Crippen molar-refractivity contribution in [2.24, 2.45) is 0 Å². The van der Waals surface area contributed by atoms with Gasteiger partial charge in [-0.15, -0.1) is 0 Å². The first-order valence-corrected chi connectivity index (χ1v) is 8.41. The van der Waals surface area contributed by atoms with Gasteiger partial charge < -0.3 is 14.9 Å². The number of fused-ring (bicyclic) bond motifs is 1. The van der Waals surface area contributed by atoms with E-state index in [4.69, 9.17) is 11.6 Å². The van der Waals surface area contributed by atoms with Crippen LogP contribution in [-0.2, 0) is 0 Å². The Morgan fingerprint density at radius 3 is 2.92 bits per heavy atom. The molecule has 2 aromatic heterocycles. The number of hydrogen-bond donors (Lipinski definition) is 1. The molecule has 1 aliphatic heterocycles. The van der Waals surface area contributed by atoms with Crippen molar-refractivity contribution in [1.82, 2.24) is 24.2 Å². The summed E-state index contributed by atoms with van der Waals surface area (Å²) in [5.41, 5.74) is -0.394. The first-order valence-electron chi connectivity index (χ1n) is 8.03. The Balaban J connectivity index is 1.74. The molecule has 0 aromatic carbocycles. The number of likely N-dealkylation sites (tertiary alicyclic amines) is 1. The highest BCUT2D eigenvalue weighted by molar-refractivity contribution is 6.30. The van der Waals surface area contributed by atoms with Crippen molar-refractivity contribution in [2.45, 2.75) is 24.9 Å². The van der Waals surface area contributed by atoms with E-state index in [9.17, 15) is 9.90 Å². The van der Waals surface area contributed by atoms with Crippen LogP contribution in [-0.4, -0.2) is 74.5 Å². The van der Waals surface area contributed by atoms with Gasteiger partial charge in [-0.1, -0.05) is 11.6 Å². The van der Waals surface area contributed by atoms with Gasteiger partial charge in [-0.25, -0.2) is 9.97 Å². The molecule has 0 saturated carbocycles. The molecular formula is C16H22ClN5O2. The molecule has 3 rings (SSSR count). The molecule has 3 heterocycles. The van der Waals surface area contributed by atoms with Gasteiger partial charge in [0, 0.05) is 32.0 Å². The van der Waals surface area contributed by atoms with Crippen molar-refractivity contribution in [3.8, 4) is 0 Å². The molecule has 8 heteroatoms. The van der Waals surface area contributed by atoms with Gasteiger partial charge in [0.15, 0.2) is 0 Å². The molecule has 0 unspecified atom stereocenters.